The van der Waals surface area contributed by atoms with Gasteiger partial charge in [0.1, 0.15) is 23.4 Å². The minimum atomic E-state index is -0.677. The Balaban J connectivity index is 1.96. The second-order valence-corrected chi connectivity index (χ2v) is 4.84. The Morgan fingerprint density at radius 2 is 1.95 bits per heavy atom. The van der Waals surface area contributed by atoms with Crippen molar-refractivity contribution in [2.45, 2.75) is 6.10 Å². The van der Waals surface area contributed by atoms with Gasteiger partial charge < -0.3 is 14.6 Å². The Morgan fingerprint density at radius 1 is 1.19 bits per heavy atom. The minimum Gasteiger partial charge on any atom is -0.497 e. The first kappa shape index (κ1) is 13.5. The fourth-order valence-corrected chi connectivity index (χ4v) is 2.32. The number of fused-ring (bicyclic) bond motifs is 2. The monoisotopic (exact) mass is 280 g/mol. The zero-order chi connectivity index (χ0) is 14.8. The van der Waals surface area contributed by atoms with E-state index in [2.05, 4.69) is 6.58 Å². The van der Waals surface area contributed by atoms with Crippen LogP contribution in [0.1, 0.15) is 22.8 Å². The van der Waals surface area contributed by atoms with Crippen molar-refractivity contribution in [2.75, 3.05) is 7.11 Å². The summed E-state index contributed by atoms with van der Waals surface area (Å²) in [5.41, 5.74) is 2.50. The lowest BCUT2D eigenvalue weighted by Crippen LogP contribution is -2.09. The second kappa shape index (κ2) is 5.46. The number of allylic oxidation sites excluding steroid dienone is 1. The summed E-state index contributed by atoms with van der Waals surface area (Å²) in [4.78, 5) is 0. The summed E-state index contributed by atoms with van der Waals surface area (Å²) in [7, 11) is 1.58. The number of ether oxygens (including phenoxy) is 2. The van der Waals surface area contributed by atoms with Gasteiger partial charge in [-0.15, -0.1) is 0 Å². The van der Waals surface area contributed by atoms with Crippen molar-refractivity contribution < 1.29 is 14.6 Å². The normalized spacial score (nSPS) is 16.0. The van der Waals surface area contributed by atoms with Crippen LogP contribution in [-0.2, 0) is 4.74 Å². The second-order valence-electron chi connectivity index (χ2n) is 4.84. The molecule has 2 aromatic carbocycles. The highest BCUT2D eigenvalue weighted by Gasteiger charge is 2.25. The molecule has 3 nitrogen and oxygen atoms in total. The van der Waals surface area contributed by atoms with Crippen LogP contribution < -0.4 is 4.74 Å². The predicted octanol–water partition coefficient (Wildman–Crippen LogP) is 4.05. The molecule has 0 bridgehead atoms. The molecule has 3 heteroatoms. The van der Waals surface area contributed by atoms with Gasteiger partial charge in [-0.05, 0) is 29.8 Å². The lowest BCUT2D eigenvalue weighted by atomic mass is 9.95. The lowest BCUT2D eigenvalue weighted by Gasteiger charge is -2.24. The quantitative estimate of drug-likeness (QED) is 0.681. The highest BCUT2D eigenvalue weighted by Crippen LogP contribution is 2.42. The van der Waals surface area contributed by atoms with E-state index < -0.39 is 6.10 Å². The Bertz CT molecular complexity index is 716. The molecule has 106 valence electrons. The fourth-order valence-electron chi connectivity index (χ4n) is 2.32. The molecule has 0 aliphatic carbocycles. The van der Waals surface area contributed by atoms with Gasteiger partial charge in [0.15, 0.2) is 0 Å². The van der Waals surface area contributed by atoms with Crippen molar-refractivity contribution >= 4 is 6.08 Å². The van der Waals surface area contributed by atoms with E-state index in [1.807, 2.05) is 48.5 Å². The predicted molar refractivity (Wildman–Crippen MR) is 82.2 cm³/mol. The van der Waals surface area contributed by atoms with E-state index in [0.717, 1.165) is 16.7 Å². The Hall–Kier alpha value is -2.52. The van der Waals surface area contributed by atoms with Crippen molar-refractivity contribution in [3.8, 4) is 11.5 Å². The molecule has 0 fully saturated rings. The van der Waals surface area contributed by atoms with Crippen LogP contribution in [0, 0.1) is 0 Å². The molecular formula is C18H16O3. The van der Waals surface area contributed by atoms with Gasteiger partial charge >= 0.3 is 0 Å². The van der Waals surface area contributed by atoms with Crippen molar-refractivity contribution in [2.24, 2.45) is 0 Å². The molecule has 0 aromatic heterocycles. The molecule has 1 N–H and O–H groups in total. The molecule has 3 rings (SSSR count). The first-order chi connectivity index (χ1) is 10.2. The number of para-hydroxylation sites is 1. The van der Waals surface area contributed by atoms with Crippen LogP contribution in [0.25, 0.3) is 6.08 Å². The molecule has 1 heterocycles. The summed E-state index contributed by atoms with van der Waals surface area (Å²) in [6.07, 6.45) is 2.99. The molecular weight excluding hydrogens is 264 g/mol. The van der Waals surface area contributed by atoms with Gasteiger partial charge in [0, 0.05) is 11.1 Å². The van der Waals surface area contributed by atoms with Crippen LogP contribution in [0.5, 0.6) is 11.5 Å². The molecule has 0 saturated heterocycles. The largest absolute Gasteiger partial charge is 0.497 e. The third kappa shape index (κ3) is 2.56. The number of hydrogen-bond donors (Lipinski definition) is 1. The number of hydrogen-bond acceptors (Lipinski definition) is 3. The lowest BCUT2D eigenvalue weighted by molar-refractivity contribution is 0.203. The molecule has 21 heavy (non-hydrogen) atoms. The van der Waals surface area contributed by atoms with Gasteiger partial charge in [0.2, 0.25) is 0 Å². The van der Waals surface area contributed by atoms with Crippen LogP contribution in [0.15, 0.2) is 60.9 Å². The Kier molecular flexibility index (Phi) is 3.50. The van der Waals surface area contributed by atoms with E-state index in [9.17, 15) is 5.11 Å². The van der Waals surface area contributed by atoms with Crippen LogP contribution in [0.2, 0.25) is 0 Å². The molecule has 1 unspecified atom stereocenters. The van der Waals surface area contributed by atoms with Gasteiger partial charge in [-0.3, -0.25) is 0 Å². The maximum Gasteiger partial charge on any atom is 0.133 e. The molecule has 1 aliphatic heterocycles. The van der Waals surface area contributed by atoms with Gasteiger partial charge in [0.05, 0.1) is 7.11 Å². The zero-order valence-corrected chi connectivity index (χ0v) is 11.7. The molecule has 0 saturated carbocycles. The van der Waals surface area contributed by atoms with Crippen molar-refractivity contribution in [1.82, 2.24) is 0 Å². The SMILES string of the molecule is C=C(/C=C\c1ccc2c(c1)C(O)c1ccccc1O2)OC. The summed E-state index contributed by atoms with van der Waals surface area (Å²) in [6.45, 7) is 3.74. The highest BCUT2D eigenvalue weighted by atomic mass is 16.5. The first-order valence-electron chi connectivity index (χ1n) is 6.69. The van der Waals surface area contributed by atoms with Crippen LogP contribution >= 0.6 is 0 Å². The number of aliphatic hydroxyl groups is 1. The Morgan fingerprint density at radius 3 is 2.76 bits per heavy atom. The molecule has 1 aliphatic rings. The van der Waals surface area contributed by atoms with Crippen LogP contribution in [0.4, 0.5) is 0 Å². The maximum absolute atomic E-state index is 10.5. The van der Waals surface area contributed by atoms with Crippen molar-refractivity contribution in [3.05, 3.63) is 77.6 Å². The van der Waals surface area contributed by atoms with E-state index in [-0.39, 0.29) is 0 Å². The number of rotatable bonds is 3. The van der Waals surface area contributed by atoms with Gasteiger partial charge in [0.25, 0.3) is 0 Å². The summed E-state index contributed by atoms with van der Waals surface area (Å²) >= 11 is 0. The highest BCUT2D eigenvalue weighted by molar-refractivity contribution is 5.59. The standard InChI is InChI=1S/C18H16O3/c1-12(20-2)7-8-13-9-10-17-15(11-13)18(19)14-5-3-4-6-16(14)21-17/h3-11,18-19H,1H2,2H3/b8-7-. The summed E-state index contributed by atoms with van der Waals surface area (Å²) in [6, 6.07) is 13.2. The smallest absolute Gasteiger partial charge is 0.133 e. The molecule has 2 aromatic rings. The topological polar surface area (TPSA) is 38.7 Å². The van der Waals surface area contributed by atoms with E-state index in [0.29, 0.717) is 17.3 Å². The van der Waals surface area contributed by atoms with Crippen molar-refractivity contribution in [1.29, 1.82) is 0 Å². The van der Waals surface area contributed by atoms with E-state index in [4.69, 9.17) is 9.47 Å². The fraction of sp³-hybridized carbons (Fsp3) is 0.111. The molecule has 1 atom stereocenters. The first-order valence-corrected chi connectivity index (χ1v) is 6.69. The third-order valence-electron chi connectivity index (χ3n) is 3.49. The van der Waals surface area contributed by atoms with Gasteiger partial charge in [-0.1, -0.05) is 36.9 Å². The number of benzene rings is 2. The van der Waals surface area contributed by atoms with Crippen LogP contribution in [0.3, 0.4) is 0 Å². The Labute approximate surface area is 123 Å². The molecule has 0 radical (unpaired) electrons. The zero-order valence-electron chi connectivity index (χ0n) is 11.7. The minimum absolute atomic E-state index is 0.579. The van der Waals surface area contributed by atoms with Crippen molar-refractivity contribution in [3.63, 3.8) is 0 Å². The van der Waals surface area contributed by atoms with E-state index >= 15 is 0 Å². The molecule has 0 amide bonds. The summed E-state index contributed by atoms with van der Waals surface area (Å²) in [5, 5.41) is 10.5. The summed E-state index contributed by atoms with van der Waals surface area (Å²) < 4.78 is 10.8. The molecule has 0 spiro atoms. The van der Waals surface area contributed by atoms with Gasteiger partial charge in [-0.2, -0.15) is 0 Å². The number of methoxy groups -OCH3 is 1. The maximum atomic E-state index is 10.5. The number of aliphatic hydroxyl groups excluding tert-OH is 1. The average Bonchev–Trinajstić information content (AvgIpc) is 2.53. The van der Waals surface area contributed by atoms with Gasteiger partial charge in [-0.25, -0.2) is 0 Å². The van der Waals surface area contributed by atoms with E-state index in [1.54, 1.807) is 13.2 Å². The van der Waals surface area contributed by atoms with E-state index in [1.165, 1.54) is 0 Å². The third-order valence-corrected chi connectivity index (χ3v) is 3.49. The average molecular weight is 280 g/mol. The summed E-state index contributed by atoms with van der Waals surface area (Å²) in [5.74, 6) is 1.97. The van der Waals surface area contributed by atoms with Crippen LogP contribution in [-0.4, -0.2) is 12.2 Å².